The molecule has 0 rings (SSSR count). The highest BCUT2D eigenvalue weighted by Crippen LogP contribution is 2.09. The van der Waals surface area contributed by atoms with Crippen LogP contribution in [-0.2, 0) is 0 Å². The van der Waals surface area contributed by atoms with E-state index in [2.05, 4.69) is 69.7 Å². The Labute approximate surface area is 127 Å². The standard InChI is InChI=1S/C11H24N3S.ClHO4/c1-8-15-11(14(6)7)9-10(12(2)3)13(4)5;2-1(3,4)5/h9H,8H2,1-7H3;(H,2,3,4,5)/q+1;/p-1. The summed E-state index contributed by atoms with van der Waals surface area (Å²) < 4.78 is 36.1. The maximum atomic E-state index is 8.49. The molecule has 0 radical (unpaired) electrons. The van der Waals surface area contributed by atoms with Crippen LogP contribution in [-0.4, -0.2) is 67.5 Å². The summed E-state index contributed by atoms with van der Waals surface area (Å²) >= 11 is 1.86. The first kappa shape index (κ1) is 21.8. The summed E-state index contributed by atoms with van der Waals surface area (Å²) in [7, 11) is 7.48. The molecule has 0 fully saturated rings. The van der Waals surface area contributed by atoms with E-state index in [1.54, 1.807) is 0 Å². The van der Waals surface area contributed by atoms with Crippen LogP contribution in [0.3, 0.4) is 0 Å². The van der Waals surface area contributed by atoms with Gasteiger partial charge < -0.3 is 9.80 Å². The Balaban J connectivity index is 0. The third kappa shape index (κ3) is 13.9. The van der Waals surface area contributed by atoms with Crippen molar-refractivity contribution in [3.8, 4) is 0 Å². The SMILES string of the molecule is CCSC(C=C(N(C)C)N(C)C)=[N+](C)C.[O-][Cl+3]([O-])([O-])[O-]. The van der Waals surface area contributed by atoms with Crippen LogP contribution in [0.1, 0.15) is 6.92 Å². The second-order valence-electron chi connectivity index (χ2n) is 4.34. The molecule has 0 aliphatic carbocycles. The average Bonchev–Trinajstić information content (AvgIpc) is 2.19. The van der Waals surface area contributed by atoms with Crippen LogP contribution in [0.15, 0.2) is 11.9 Å². The lowest BCUT2D eigenvalue weighted by Crippen LogP contribution is -2.68. The van der Waals surface area contributed by atoms with Gasteiger partial charge in [-0.15, -0.1) is 10.2 Å². The maximum Gasteiger partial charge on any atom is 0.237 e. The summed E-state index contributed by atoms with van der Waals surface area (Å²) in [5.74, 6) is 2.30. The van der Waals surface area contributed by atoms with Gasteiger partial charge in [-0.3, -0.25) is 0 Å². The van der Waals surface area contributed by atoms with Crippen LogP contribution < -0.4 is 18.6 Å². The van der Waals surface area contributed by atoms with E-state index in [-0.39, 0.29) is 0 Å². The molecular formula is C11H24ClN3O4S. The van der Waals surface area contributed by atoms with E-state index < -0.39 is 10.2 Å². The van der Waals surface area contributed by atoms with E-state index in [1.807, 2.05) is 11.8 Å². The third-order valence-corrected chi connectivity index (χ3v) is 2.97. The smallest absolute Gasteiger partial charge is 0.237 e. The molecule has 0 amide bonds. The molecule has 7 nitrogen and oxygen atoms in total. The van der Waals surface area contributed by atoms with Gasteiger partial charge in [0.25, 0.3) is 0 Å². The predicted octanol–water partition coefficient (Wildman–Crippen LogP) is -3.38. The Morgan fingerprint density at radius 2 is 1.40 bits per heavy atom. The fraction of sp³-hybridized carbons (Fsp3) is 0.727. The Morgan fingerprint density at radius 3 is 1.60 bits per heavy atom. The lowest BCUT2D eigenvalue weighted by Gasteiger charge is -2.24. The minimum Gasteiger partial charge on any atom is -0.364 e. The number of hydrogen-bond acceptors (Lipinski definition) is 7. The summed E-state index contributed by atoms with van der Waals surface area (Å²) in [4.78, 5) is 4.25. The maximum absolute atomic E-state index is 8.49. The zero-order valence-electron chi connectivity index (χ0n) is 13.0. The third-order valence-electron chi connectivity index (χ3n) is 1.90. The monoisotopic (exact) mass is 329 g/mol. The highest BCUT2D eigenvalue weighted by atomic mass is 35.7. The largest absolute Gasteiger partial charge is 0.364 e. The van der Waals surface area contributed by atoms with Gasteiger partial charge in [0.1, 0.15) is 19.9 Å². The summed E-state index contributed by atoms with van der Waals surface area (Å²) in [6.45, 7) is 2.17. The molecule has 0 unspecified atom stereocenters. The van der Waals surface area contributed by atoms with Gasteiger partial charge in [-0.05, 0) is 0 Å². The molecular weight excluding hydrogens is 306 g/mol. The van der Waals surface area contributed by atoms with E-state index >= 15 is 0 Å². The minimum absolute atomic E-state index is 1.10. The molecule has 0 aromatic heterocycles. The highest BCUT2D eigenvalue weighted by Gasteiger charge is 2.10. The molecule has 0 spiro atoms. The van der Waals surface area contributed by atoms with Gasteiger partial charge in [-0.2, -0.15) is 0 Å². The lowest BCUT2D eigenvalue weighted by atomic mass is 10.5. The van der Waals surface area contributed by atoms with Gasteiger partial charge >= 0.3 is 0 Å². The lowest BCUT2D eigenvalue weighted by molar-refractivity contribution is -2.00. The molecule has 0 aliphatic rings. The fourth-order valence-corrected chi connectivity index (χ4v) is 1.96. The van der Waals surface area contributed by atoms with E-state index in [0.29, 0.717) is 0 Å². The molecule has 0 saturated carbocycles. The van der Waals surface area contributed by atoms with Gasteiger partial charge in [0.15, 0.2) is 0 Å². The second kappa shape index (κ2) is 10.3. The molecule has 20 heavy (non-hydrogen) atoms. The first-order valence-corrected chi connectivity index (χ1v) is 7.97. The average molecular weight is 330 g/mol. The number of thioether (sulfide) groups is 1. The van der Waals surface area contributed by atoms with Crippen LogP contribution in [0.25, 0.3) is 0 Å². The summed E-state index contributed by atoms with van der Waals surface area (Å²) in [5, 5.41) is 1.29. The van der Waals surface area contributed by atoms with Gasteiger partial charge in [-0.25, -0.2) is 23.2 Å². The Bertz CT molecular complexity index is 321. The van der Waals surface area contributed by atoms with Gasteiger partial charge in [0, 0.05) is 33.9 Å². The zero-order valence-corrected chi connectivity index (χ0v) is 14.6. The predicted molar refractivity (Wildman–Crippen MR) is 70.7 cm³/mol. The van der Waals surface area contributed by atoms with Crippen LogP contribution >= 0.6 is 11.8 Å². The van der Waals surface area contributed by atoms with Crippen molar-refractivity contribution in [1.29, 1.82) is 0 Å². The highest BCUT2D eigenvalue weighted by molar-refractivity contribution is 8.14. The topological polar surface area (TPSA) is 102 Å². The Kier molecular flexibility index (Phi) is 11.2. The van der Waals surface area contributed by atoms with Crippen molar-refractivity contribution in [1.82, 2.24) is 9.80 Å². The minimum atomic E-state index is -4.94. The fourth-order valence-electron chi connectivity index (χ4n) is 1.22. The van der Waals surface area contributed by atoms with Gasteiger partial charge in [0.05, 0.1) is 6.08 Å². The molecule has 0 aliphatic heterocycles. The van der Waals surface area contributed by atoms with Crippen molar-refractivity contribution in [2.75, 3.05) is 48.0 Å². The number of nitrogens with zero attached hydrogens (tertiary/aromatic N) is 3. The van der Waals surface area contributed by atoms with Crippen molar-refractivity contribution in [2.24, 2.45) is 0 Å². The number of hydrogen-bond donors (Lipinski definition) is 0. The Hall–Kier alpha value is -0.510. The molecule has 0 heterocycles. The van der Waals surface area contributed by atoms with Crippen molar-refractivity contribution in [3.63, 3.8) is 0 Å². The molecule has 9 heteroatoms. The van der Waals surface area contributed by atoms with Crippen LogP contribution in [0.5, 0.6) is 0 Å². The first-order valence-electron chi connectivity index (χ1n) is 5.75. The van der Waals surface area contributed by atoms with Crippen molar-refractivity contribution >= 4 is 16.8 Å². The van der Waals surface area contributed by atoms with Crippen molar-refractivity contribution < 1.29 is 33.5 Å². The molecule has 0 N–H and O–H groups in total. The second-order valence-corrected chi connectivity index (χ2v) is 6.38. The molecule has 0 atom stereocenters. The van der Waals surface area contributed by atoms with Crippen LogP contribution in [0.2, 0.25) is 0 Å². The van der Waals surface area contributed by atoms with E-state index in [4.69, 9.17) is 18.6 Å². The molecule has 0 aromatic rings. The van der Waals surface area contributed by atoms with E-state index in [0.717, 1.165) is 5.75 Å². The van der Waals surface area contributed by atoms with Gasteiger partial charge in [0.2, 0.25) is 5.04 Å². The molecule has 0 bridgehead atoms. The number of rotatable bonds is 4. The Morgan fingerprint density at radius 1 is 1.05 bits per heavy atom. The normalized spacial score (nSPS) is 10.2. The summed E-state index contributed by atoms with van der Waals surface area (Å²) in [6, 6.07) is 0. The van der Waals surface area contributed by atoms with Crippen LogP contribution in [0, 0.1) is 10.2 Å². The van der Waals surface area contributed by atoms with Crippen molar-refractivity contribution in [3.05, 3.63) is 11.9 Å². The summed E-state index contributed by atoms with van der Waals surface area (Å²) in [6.07, 6.45) is 2.22. The first-order chi connectivity index (χ1) is 8.90. The van der Waals surface area contributed by atoms with E-state index in [1.165, 1.54) is 10.9 Å². The van der Waals surface area contributed by atoms with E-state index in [9.17, 15) is 0 Å². The molecule has 120 valence electrons. The molecule has 0 aromatic carbocycles. The number of halogens is 1. The summed E-state index contributed by atoms with van der Waals surface area (Å²) in [5.41, 5.74) is 0. The molecule has 0 saturated heterocycles. The van der Waals surface area contributed by atoms with Crippen LogP contribution in [0.4, 0.5) is 0 Å². The zero-order chi connectivity index (χ0) is 16.5. The quantitative estimate of drug-likeness (QED) is 0.301. The van der Waals surface area contributed by atoms with Gasteiger partial charge in [-0.1, -0.05) is 18.7 Å². The van der Waals surface area contributed by atoms with Crippen molar-refractivity contribution in [2.45, 2.75) is 6.92 Å².